The number of alkyl halides is 1. The van der Waals surface area contributed by atoms with Crippen molar-refractivity contribution in [2.45, 2.75) is 110 Å². The van der Waals surface area contributed by atoms with Crippen molar-refractivity contribution in [1.29, 1.82) is 0 Å². The molecule has 1 amide bonds. The van der Waals surface area contributed by atoms with Crippen molar-refractivity contribution in [3.63, 3.8) is 0 Å². The molecular weight excluding hydrogens is 360 g/mol. The van der Waals surface area contributed by atoms with Crippen LogP contribution >= 0.6 is 11.6 Å². The molecular formula is C22H41ClN2O2. The summed E-state index contributed by atoms with van der Waals surface area (Å²) in [6, 6.07) is 0. The van der Waals surface area contributed by atoms with E-state index in [-0.39, 0.29) is 17.5 Å². The first kappa shape index (κ1) is 23.0. The molecule has 0 aromatic carbocycles. The second-order valence-electron chi connectivity index (χ2n) is 10.3. The van der Waals surface area contributed by atoms with Gasteiger partial charge in [-0.2, -0.15) is 0 Å². The Labute approximate surface area is 171 Å². The van der Waals surface area contributed by atoms with Gasteiger partial charge in [0.25, 0.3) is 5.91 Å². The number of nitrogens with one attached hydrogen (secondary N) is 2. The fourth-order valence-corrected chi connectivity index (χ4v) is 5.06. The molecule has 2 N–H and O–H groups in total. The normalized spacial score (nSPS) is 24.2. The molecule has 2 saturated heterocycles. The molecule has 0 aromatic rings. The Kier molecular flexibility index (Phi) is 8.04. The Morgan fingerprint density at radius 1 is 1.19 bits per heavy atom. The van der Waals surface area contributed by atoms with Gasteiger partial charge in [0, 0.05) is 11.8 Å². The molecule has 0 radical (unpaired) electrons. The van der Waals surface area contributed by atoms with E-state index < -0.39 is 5.60 Å². The first-order valence-corrected chi connectivity index (χ1v) is 11.3. The summed E-state index contributed by atoms with van der Waals surface area (Å²) < 4.78 is 6.12. The number of piperidine rings is 1. The number of rotatable bonds is 10. The molecule has 0 bridgehead atoms. The van der Waals surface area contributed by atoms with E-state index in [1.807, 2.05) is 0 Å². The highest BCUT2D eigenvalue weighted by atomic mass is 35.5. The van der Waals surface area contributed by atoms with Gasteiger partial charge in [0.2, 0.25) is 0 Å². The summed E-state index contributed by atoms with van der Waals surface area (Å²) in [5, 5.41) is 6.37. The van der Waals surface area contributed by atoms with E-state index in [9.17, 15) is 4.79 Å². The average Bonchev–Trinajstić information content (AvgIpc) is 2.86. The van der Waals surface area contributed by atoms with Crippen LogP contribution in [-0.2, 0) is 9.53 Å². The van der Waals surface area contributed by atoms with E-state index in [4.69, 9.17) is 16.3 Å². The molecule has 1 spiro atoms. The Hall–Kier alpha value is -0.320. The van der Waals surface area contributed by atoms with Crippen LogP contribution in [0.5, 0.6) is 0 Å². The first-order valence-electron chi connectivity index (χ1n) is 10.9. The minimum absolute atomic E-state index is 0.0538. The second-order valence-corrected chi connectivity index (χ2v) is 10.9. The molecule has 4 nitrogen and oxygen atoms in total. The van der Waals surface area contributed by atoms with E-state index in [2.05, 4.69) is 45.3 Å². The maximum absolute atomic E-state index is 12.3. The highest BCUT2D eigenvalue weighted by molar-refractivity contribution is 6.20. The highest BCUT2D eigenvalue weighted by Gasteiger charge is 2.48. The van der Waals surface area contributed by atoms with Crippen LogP contribution in [0, 0.1) is 10.8 Å². The summed E-state index contributed by atoms with van der Waals surface area (Å²) in [5.74, 6) is 0.0538. The summed E-state index contributed by atoms with van der Waals surface area (Å²) in [5.41, 5.74) is 0.190. The maximum Gasteiger partial charge on any atom is 0.254 e. The van der Waals surface area contributed by atoms with Crippen LogP contribution in [0.1, 0.15) is 92.4 Å². The molecule has 5 heteroatoms. The van der Waals surface area contributed by atoms with Crippen molar-refractivity contribution >= 4 is 17.5 Å². The van der Waals surface area contributed by atoms with E-state index in [0.717, 1.165) is 38.8 Å². The summed E-state index contributed by atoms with van der Waals surface area (Å²) >= 11 is 6.57. The number of hydrogen-bond acceptors (Lipinski definition) is 3. The van der Waals surface area contributed by atoms with Gasteiger partial charge in [-0.05, 0) is 56.0 Å². The van der Waals surface area contributed by atoms with Crippen LogP contribution < -0.4 is 10.6 Å². The van der Waals surface area contributed by atoms with E-state index in [1.165, 1.54) is 25.7 Å². The molecule has 27 heavy (non-hydrogen) atoms. The molecule has 158 valence electrons. The third kappa shape index (κ3) is 6.90. The predicted molar refractivity (Wildman–Crippen MR) is 113 cm³/mol. The monoisotopic (exact) mass is 400 g/mol. The lowest BCUT2D eigenvalue weighted by Gasteiger charge is -2.34. The quantitative estimate of drug-likeness (QED) is 0.401. The molecule has 2 aliphatic heterocycles. The van der Waals surface area contributed by atoms with Crippen molar-refractivity contribution in [3.8, 4) is 0 Å². The number of amides is 1. The van der Waals surface area contributed by atoms with E-state index in [1.54, 1.807) is 0 Å². The summed E-state index contributed by atoms with van der Waals surface area (Å²) in [7, 11) is 0. The number of ether oxygens (including phenoxy) is 1. The molecule has 2 rings (SSSR count). The molecule has 2 aliphatic rings. The Morgan fingerprint density at radius 3 is 2.48 bits per heavy atom. The van der Waals surface area contributed by atoms with Gasteiger partial charge in [0.1, 0.15) is 6.23 Å². The van der Waals surface area contributed by atoms with Crippen molar-refractivity contribution in [2.24, 2.45) is 10.8 Å². The lowest BCUT2D eigenvalue weighted by molar-refractivity contribution is -0.137. The van der Waals surface area contributed by atoms with Crippen LogP contribution in [0.25, 0.3) is 0 Å². The summed E-state index contributed by atoms with van der Waals surface area (Å²) in [6.07, 6.45) is 9.06. The van der Waals surface area contributed by atoms with Crippen LogP contribution in [-0.4, -0.2) is 36.2 Å². The molecule has 2 fully saturated rings. The zero-order valence-corrected chi connectivity index (χ0v) is 18.9. The zero-order valence-electron chi connectivity index (χ0n) is 18.1. The molecule has 2 unspecified atom stereocenters. The second kappa shape index (κ2) is 9.45. The Morgan fingerprint density at radius 2 is 1.85 bits per heavy atom. The van der Waals surface area contributed by atoms with Gasteiger partial charge in [0.05, 0.1) is 0 Å². The number of unbranched alkanes of at least 4 members (excludes halogenated alkanes) is 1. The van der Waals surface area contributed by atoms with Gasteiger partial charge < -0.3 is 15.4 Å². The van der Waals surface area contributed by atoms with Crippen LogP contribution in [0.2, 0.25) is 0 Å². The predicted octanol–water partition coefficient (Wildman–Crippen LogP) is 4.99. The number of hydrogen-bond donors (Lipinski definition) is 2. The van der Waals surface area contributed by atoms with E-state index >= 15 is 0 Å². The minimum atomic E-state index is -0.609. The summed E-state index contributed by atoms with van der Waals surface area (Å²) in [6.45, 7) is 13.5. The fraction of sp³-hybridized carbons (Fsp3) is 0.955. The Bertz CT molecular complexity index is 487. The first-order chi connectivity index (χ1) is 12.6. The highest BCUT2D eigenvalue weighted by Crippen LogP contribution is 2.39. The van der Waals surface area contributed by atoms with Gasteiger partial charge in [-0.15, -0.1) is 11.6 Å². The van der Waals surface area contributed by atoms with Crippen LogP contribution in [0.15, 0.2) is 0 Å². The Balaban J connectivity index is 1.66. The number of carbonyl (C=O) groups excluding carboxylic acids is 1. The SMILES string of the molecule is CCC(C)(C)CC(C)(C)CCCCC(Cl)CC1NC(=O)C2(CCNCC2)O1. The van der Waals surface area contributed by atoms with Gasteiger partial charge in [-0.1, -0.05) is 53.9 Å². The third-order valence-corrected chi connectivity index (χ3v) is 6.89. The zero-order chi connectivity index (χ0) is 20.1. The molecule has 0 aliphatic carbocycles. The van der Waals surface area contributed by atoms with Crippen molar-refractivity contribution < 1.29 is 9.53 Å². The molecule has 2 heterocycles. The molecule has 0 saturated carbocycles. The lowest BCUT2D eigenvalue weighted by Crippen LogP contribution is -2.47. The fourth-order valence-electron chi connectivity index (χ4n) is 4.74. The van der Waals surface area contributed by atoms with Gasteiger partial charge in [-0.3, -0.25) is 4.79 Å². The topological polar surface area (TPSA) is 50.4 Å². The maximum atomic E-state index is 12.3. The molecule has 2 atom stereocenters. The van der Waals surface area contributed by atoms with Gasteiger partial charge in [0.15, 0.2) is 5.60 Å². The van der Waals surface area contributed by atoms with E-state index in [0.29, 0.717) is 17.3 Å². The minimum Gasteiger partial charge on any atom is -0.342 e. The number of halogens is 1. The molecule has 0 aromatic heterocycles. The van der Waals surface area contributed by atoms with Crippen molar-refractivity contribution in [2.75, 3.05) is 13.1 Å². The summed E-state index contributed by atoms with van der Waals surface area (Å²) in [4.78, 5) is 12.3. The van der Waals surface area contributed by atoms with Gasteiger partial charge in [-0.25, -0.2) is 0 Å². The largest absolute Gasteiger partial charge is 0.342 e. The standard InChI is InChI=1S/C22H41ClN2O2/c1-6-20(2,3)16-21(4,5)10-8-7-9-17(23)15-18-25-19(26)22(27-18)11-13-24-14-12-22/h17-18,24H,6-16H2,1-5H3,(H,25,26). The van der Waals surface area contributed by atoms with Crippen molar-refractivity contribution in [3.05, 3.63) is 0 Å². The smallest absolute Gasteiger partial charge is 0.254 e. The third-order valence-electron chi connectivity index (χ3n) is 6.49. The van der Waals surface area contributed by atoms with Crippen LogP contribution in [0.4, 0.5) is 0 Å². The lowest BCUT2D eigenvalue weighted by atomic mass is 9.71. The van der Waals surface area contributed by atoms with Gasteiger partial charge >= 0.3 is 0 Å². The number of carbonyl (C=O) groups is 1. The van der Waals surface area contributed by atoms with Crippen LogP contribution in [0.3, 0.4) is 0 Å². The van der Waals surface area contributed by atoms with Crippen molar-refractivity contribution in [1.82, 2.24) is 10.6 Å². The average molecular weight is 401 g/mol.